The summed E-state index contributed by atoms with van der Waals surface area (Å²) in [5, 5.41) is 0. The zero-order valence-corrected chi connectivity index (χ0v) is 14.5. The fraction of sp³-hybridized carbons (Fsp3) is 0.765. The number of aromatic amines is 1. The van der Waals surface area contributed by atoms with Crippen molar-refractivity contribution in [2.75, 3.05) is 6.61 Å². The summed E-state index contributed by atoms with van der Waals surface area (Å²) in [5.74, 6) is 0.118. The number of hydrogen-bond acceptors (Lipinski definition) is 3. The van der Waals surface area contributed by atoms with Crippen molar-refractivity contribution in [3.05, 3.63) is 33.1 Å². The average molecular weight is 308 g/mol. The minimum absolute atomic E-state index is 0.0523. The van der Waals surface area contributed by atoms with Gasteiger partial charge in [-0.25, -0.2) is 4.79 Å². The van der Waals surface area contributed by atoms with Crippen molar-refractivity contribution in [1.82, 2.24) is 9.55 Å². The number of nitrogens with zero attached hydrogens (tertiary/aromatic N) is 1. The van der Waals surface area contributed by atoms with Gasteiger partial charge in [-0.15, -0.1) is 0 Å². The maximum Gasteiger partial charge on any atom is 0.328 e. The topological polar surface area (TPSA) is 64.1 Å². The lowest BCUT2D eigenvalue weighted by Crippen LogP contribution is -2.44. The second-order valence-electron chi connectivity index (χ2n) is 8.59. The first-order valence-electron chi connectivity index (χ1n) is 7.92. The third-order valence-electron chi connectivity index (χ3n) is 4.33. The SMILES string of the molecule is CC(C)(C)C[C@H]1OC[C@@H](n2c(=O)cc[nH]c2=O)C1C(C)(C)C. The molecule has 1 fully saturated rings. The van der Waals surface area contributed by atoms with Gasteiger partial charge in [-0.05, 0) is 17.3 Å². The predicted octanol–water partition coefficient (Wildman–Crippen LogP) is 2.58. The van der Waals surface area contributed by atoms with Crippen molar-refractivity contribution >= 4 is 0 Å². The number of rotatable bonds is 2. The smallest absolute Gasteiger partial charge is 0.328 e. The summed E-state index contributed by atoms with van der Waals surface area (Å²) in [6.45, 7) is 13.4. The fourth-order valence-corrected chi connectivity index (χ4v) is 3.58. The summed E-state index contributed by atoms with van der Waals surface area (Å²) in [7, 11) is 0. The molecular weight excluding hydrogens is 280 g/mol. The molecule has 3 atom stereocenters. The van der Waals surface area contributed by atoms with Gasteiger partial charge in [0.15, 0.2) is 0 Å². The third kappa shape index (κ3) is 3.51. The van der Waals surface area contributed by atoms with Gasteiger partial charge in [0.25, 0.3) is 5.56 Å². The van der Waals surface area contributed by atoms with Crippen LogP contribution < -0.4 is 11.2 Å². The van der Waals surface area contributed by atoms with E-state index in [0.29, 0.717) is 6.61 Å². The summed E-state index contributed by atoms with van der Waals surface area (Å²) in [4.78, 5) is 26.9. The second kappa shape index (κ2) is 5.69. The van der Waals surface area contributed by atoms with Gasteiger partial charge < -0.3 is 9.72 Å². The van der Waals surface area contributed by atoms with Gasteiger partial charge in [0, 0.05) is 18.2 Å². The van der Waals surface area contributed by atoms with Crippen LogP contribution in [0.4, 0.5) is 0 Å². The molecular formula is C17H28N2O3. The normalized spacial score (nSPS) is 26.4. The maximum atomic E-state index is 12.2. The van der Waals surface area contributed by atoms with Crippen molar-refractivity contribution < 1.29 is 4.74 Å². The molecule has 1 aromatic heterocycles. The number of hydrogen-bond donors (Lipinski definition) is 1. The van der Waals surface area contributed by atoms with E-state index in [1.54, 1.807) is 0 Å². The van der Waals surface area contributed by atoms with Crippen LogP contribution in [0.15, 0.2) is 21.9 Å². The van der Waals surface area contributed by atoms with E-state index in [1.807, 2.05) is 0 Å². The van der Waals surface area contributed by atoms with Crippen LogP contribution in [-0.2, 0) is 4.74 Å². The van der Waals surface area contributed by atoms with Gasteiger partial charge in [-0.2, -0.15) is 0 Å². The van der Waals surface area contributed by atoms with Gasteiger partial charge in [-0.1, -0.05) is 41.5 Å². The molecule has 0 aliphatic carbocycles. The molecule has 2 rings (SSSR count). The van der Waals surface area contributed by atoms with E-state index in [1.165, 1.54) is 16.8 Å². The largest absolute Gasteiger partial charge is 0.376 e. The first-order chi connectivity index (χ1) is 10.0. The lowest BCUT2D eigenvalue weighted by atomic mass is 9.71. The molecule has 0 spiro atoms. The van der Waals surface area contributed by atoms with E-state index in [4.69, 9.17) is 4.74 Å². The molecule has 1 aliphatic heterocycles. The first-order valence-corrected chi connectivity index (χ1v) is 7.92. The minimum Gasteiger partial charge on any atom is -0.376 e. The molecule has 1 N–H and O–H groups in total. The van der Waals surface area contributed by atoms with Crippen molar-refractivity contribution in [3.63, 3.8) is 0 Å². The average Bonchev–Trinajstić information content (AvgIpc) is 2.69. The summed E-state index contributed by atoms with van der Waals surface area (Å²) in [6, 6.07) is 1.18. The maximum absolute atomic E-state index is 12.2. The van der Waals surface area contributed by atoms with Crippen LogP contribution in [0.1, 0.15) is 54.0 Å². The fourth-order valence-electron chi connectivity index (χ4n) is 3.58. The standard InChI is InChI=1S/C17H28N2O3/c1-16(2,3)9-12-14(17(4,5)6)11(10-22-12)19-13(20)7-8-18-15(19)21/h7-8,11-12,14H,9-10H2,1-6H3,(H,18,21)/t11-,12-,14?/m1/s1. The number of nitrogens with one attached hydrogen (secondary N) is 1. The van der Waals surface area contributed by atoms with Crippen molar-refractivity contribution in [3.8, 4) is 0 Å². The Kier molecular flexibility index (Phi) is 4.39. The van der Waals surface area contributed by atoms with E-state index in [0.717, 1.165) is 6.42 Å². The Hall–Kier alpha value is -1.36. The molecule has 0 radical (unpaired) electrons. The molecule has 1 unspecified atom stereocenters. The molecule has 0 amide bonds. The Morgan fingerprint density at radius 2 is 1.86 bits per heavy atom. The molecule has 22 heavy (non-hydrogen) atoms. The summed E-state index contributed by atoms with van der Waals surface area (Å²) < 4.78 is 7.36. The molecule has 0 bridgehead atoms. The highest BCUT2D eigenvalue weighted by molar-refractivity contribution is 4.98. The van der Waals surface area contributed by atoms with Gasteiger partial charge in [0.1, 0.15) is 0 Å². The van der Waals surface area contributed by atoms with Crippen LogP contribution >= 0.6 is 0 Å². The minimum atomic E-state index is -0.355. The molecule has 5 heteroatoms. The summed E-state index contributed by atoms with van der Waals surface area (Å²) >= 11 is 0. The predicted molar refractivity (Wildman–Crippen MR) is 87.1 cm³/mol. The Balaban J connectivity index is 2.44. The van der Waals surface area contributed by atoms with Crippen molar-refractivity contribution in [2.24, 2.45) is 16.7 Å². The van der Waals surface area contributed by atoms with Crippen LogP contribution in [0.3, 0.4) is 0 Å². The quantitative estimate of drug-likeness (QED) is 0.913. The van der Waals surface area contributed by atoms with Crippen LogP contribution in [0.5, 0.6) is 0 Å². The highest BCUT2D eigenvalue weighted by Crippen LogP contribution is 2.45. The Bertz CT molecular complexity index is 603. The van der Waals surface area contributed by atoms with Crippen LogP contribution in [0, 0.1) is 16.7 Å². The van der Waals surface area contributed by atoms with E-state index in [9.17, 15) is 9.59 Å². The van der Waals surface area contributed by atoms with Crippen LogP contribution in [0.2, 0.25) is 0 Å². The monoisotopic (exact) mass is 308 g/mol. The molecule has 0 saturated carbocycles. The molecule has 1 saturated heterocycles. The molecule has 1 aromatic rings. The van der Waals surface area contributed by atoms with E-state index < -0.39 is 0 Å². The zero-order chi connectivity index (χ0) is 16.7. The zero-order valence-electron chi connectivity index (χ0n) is 14.5. The molecule has 5 nitrogen and oxygen atoms in total. The highest BCUT2D eigenvalue weighted by atomic mass is 16.5. The van der Waals surface area contributed by atoms with Gasteiger partial charge in [-0.3, -0.25) is 9.36 Å². The van der Waals surface area contributed by atoms with E-state index in [2.05, 4.69) is 46.5 Å². The molecule has 1 aliphatic rings. The lowest BCUT2D eigenvalue weighted by Gasteiger charge is -2.37. The second-order valence-corrected chi connectivity index (χ2v) is 8.59. The molecule has 124 valence electrons. The number of ether oxygens (including phenoxy) is 1. The molecule has 0 aromatic carbocycles. The lowest BCUT2D eigenvalue weighted by molar-refractivity contribution is 0.0273. The van der Waals surface area contributed by atoms with Crippen LogP contribution in [0.25, 0.3) is 0 Å². The van der Waals surface area contributed by atoms with E-state index in [-0.39, 0.29) is 40.1 Å². The van der Waals surface area contributed by atoms with Crippen molar-refractivity contribution in [1.29, 1.82) is 0 Å². The summed E-state index contributed by atoms with van der Waals surface area (Å²) in [5.41, 5.74) is -0.537. The van der Waals surface area contributed by atoms with Gasteiger partial charge in [0.05, 0.1) is 18.8 Å². The Morgan fingerprint density at radius 3 is 2.36 bits per heavy atom. The Labute approximate surface area is 131 Å². The van der Waals surface area contributed by atoms with Crippen LogP contribution in [-0.4, -0.2) is 22.3 Å². The number of aromatic nitrogens is 2. The highest BCUT2D eigenvalue weighted by Gasteiger charge is 2.46. The first kappa shape index (κ1) is 17.0. The third-order valence-corrected chi connectivity index (χ3v) is 4.33. The Morgan fingerprint density at radius 1 is 1.23 bits per heavy atom. The van der Waals surface area contributed by atoms with E-state index >= 15 is 0 Å². The summed E-state index contributed by atoms with van der Waals surface area (Å²) in [6.07, 6.45) is 2.36. The molecule has 2 heterocycles. The van der Waals surface area contributed by atoms with Gasteiger partial charge >= 0.3 is 5.69 Å². The van der Waals surface area contributed by atoms with Crippen molar-refractivity contribution in [2.45, 2.75) is 60.1 Å². The number of H-pyrrole nitrogens is 1. The van der Waals surface area contributed by atoms with Gasteiger partial charge in [0.2, 0.25) is 0 Å².